The number of aryl methyl sites for hydroxylation is 3. The van der Waals surface area contributed by atoms with Crippen LogP contribution in [0.1, 0.15) is 29.2 Å². The number of hydrogen-bond donors (Lipinski definition) is 1. The molecule has 0 unspecified atom stereocenters. The number of nitrogens with zero attached hydrogens (tertiary/aromatic N) is 1. The summed E-state index contributed by atoms with van der Waals surface area (Å²) in [6, 6.07) is 9.49. The Morgan fingerprint density at radius 2 is 1.85 bits per heavy atom. The lowest BCUT2D eigenvalue weighted by molar-refractivity contribution is 0.261. The second-order valence-electron chi connectivity index (χ2n) is 5.93. The van der Waals surface area contributed by atoms with Gasteiger partial charge in [0.25, 0.3) is 5.17 Å². The molecule has 6 heteroatoms. The molecule has 26 heavy (non-hydrogen) atoms. The Hall–Kier alpha value is -2.31. The fourth-order valence-electron chi connectivity index (χ4n) is 2.81. The molecular weight excluding hydrogens is 350 g/mol. The second kappa shape index (κ2) is 8.87. The molecule has 0 aliphatic heterocycles. The first-order valence-electron chi connectivity index (χ1n) is 8.38. The number of ether oxygens (including phenoxy) is 3. The lowest BCUT2D eigenvalue weighted by atomic mass is 10.0. The van der Waals surface area contributed by atoms with Gasteiger partial charge in [-0.2, -0.15) is 5.06 Å². The zero-order valence-corrected chi connectivity index (χ0v) is 16.6. The van der Waals surface area contributed by atoms with Crippen molar-refractivity contribution < 1.29 is 19.4 Å². The van der Waals surface area contributed by atoms with Crippen LogP contribution in [-0.4, -0.2) is 24.6 Å². The maximum atomic E-state index is 10.3. The highest BCUT2D eigenvalue weighted by Gasteiger charge is 2.18. The van der Waals surface area contributed by atoms with Crippen molar-refractivity contribution >= 4 is 23.1 Å². The van der Waals surface area contributed by atoms with Crippen molar-refractivity contribution in [1.82, 2.24) is 0 Å². The summed E-state index contributed by atoms with van der Waals surface area (Å²) in [6.45, 7) is 6.45. The number of anilines is 1. The maximum absolute atomic E-state index is 10.3. The highest BCUT2D eigenvalue weighted by molar-refractivity contribution is 7.80. The first kappa shape index (κ1) is 20.0. The van der Waals surface area contributed by atoms with Crippen LogP contribution < -0.4 is 14.5 Å². The van der Waals surface area contributed by atoms with E-state index in [0.29, 0.717) is 17.0 Å². The summed E-state index contributed by atoms with van der Waals surface area (Å²) in [6.07, 6.45) is 0.984. The van der Waals surface area contributed by atoms with E-state index in [1.807, 2.05) is 19.1 Å². The van der Waals surface area contributed by atoms with Gasteiger partial charge in [0.15, 0.2) is 0 Å². The normalized spacial score (nSPS) is 10.4. The van der Waals surface area contributed by atoms with Crippen LogP contribution in [-0.2, 0) is 17.8 Å². The Balaban J connectivity index is 2.34. The highest BCUT2D eigenvalue weighted by atomic mass is 32.1. The summed E-state index contributed by atoms with van der Waals surface area (Å²) in [7, 11) is 2.98. The van der Waals surface area contributed by atoms with Gasteiger partial charge < -0.3 is 14.2 Å². The molecule has 0 amide bonds. The van der Waals surface area contributed by atoms with Gasteiger partial charge in [0, 0.05) is 0 Å². The summed E-state index contributed by atoms with van der Waals surface area (Å²) in [4.78, 5) is 0. The molecule has 2 aromatic rings. The average molecular weight is 375 g/mol. The van der Waals surface area contributed by atoms with Crippen molar-refractivity contribution in [1.29, 1.82) is 0 Å². The van der Waals surface area contributed by atoms with Crippen LogP contribution in [0.4, 0.5) is 5.69 Å². The third-order valence-electron chi connectivity index (χ3n) is 4.29. The summed E-state index contributed by atoms with van der Waals surface area (Å²) in [5.74, 6) is 1.40. The molecule has 0 saturated carbocycles. The van der Waals surface area contributed by atoms with Crippen LogP contribution in [0.15, 0.2) is 30.3 Å². The van der Waals surface area contributed by atoms with E-state index in [9.17, 15) is 5.21 Å². The van der Waals surface area contributed by atoms with Crippen molar-refractivity contribution in [3.8, 4) is 11.5 Å². The predicted molar refractivity (Wildman–Crippen MR) is 106 cm³/mol. The van der Waals surface area contributed by atoms with E-state index in [1.54, 1.807) is 19.2 Å². The molecule has 1 N–H and O–H groups in total. The van der Waals surface area contributed by atoms with Gasteiger partial charge in [0.05, 0.1) is 25.5 Å². The molecule has 0 radical (unpaired) electrons. The molecule has 0 atom stereocenters. The van der Waals surface area contributed by atoms with Gasteiger partial charge in [0.2, 0.25) is 0 Å². The minimum Gasteiger partial charge on any atom is -0.496 e. The van der Waals surface area contributed by atoms with Crippen LogP contribution in [0.3, 0.4) is 0 Å². The van der Waals surface area contributed by atoms with Crippen molar-refractivity contribution in [3.05, 3.63) is 52.6 Å². The van der Waals surface area contributed by atoms with Crippen LogP contribution in [0.2, 0.25) is 0 Å². The molecule has 0 bridgehead atoms. The topological polar surface area (TPSA) is 51.2 Å². The highest BCUT2D eigenvalue weighted by Crippen LogP contribution is 2.32. The average Bonchev–Trinajstić information content (AvgIpc) is 2.66. The van der Waals surface area contributed by atoms with Gasteiger partial charge in [-0.25, -0.2) is 0 Å². The van der Waals surface area contributed by atoms with Crippen molar-refractivity contribution in [2.45, 2.75) is 33.8 Å². The molecule has 0 heterocycles. The van der Waals surface area contributed by atoms with E-state index in [2.05, 4.69) is 19.9 Å². The summed E-state index contributed by atoms with van der Waals surface area (Å²) < 4.78 is 16.4. The molecular formula is C20H25NO4S. The SMILES string of the molecule is CCc1cc(C)c(OCc2c(OC)cccc2N(O)C(=S)OC)cc1C. The third kappa shape index (κ3) is 4.26. The van der Waals surface area contributed by atoms with Gasteiger partial charge in [-0.15, -0.1) is 0 Å². The maximum Gasteiger partial charge on any atom is 0.288 e. The molecule has 0 fully saturated rings. The lowest BCUT2D eigenvalue weighted by Gasteiger charge is -2.21. The van der Waals surface area contributed by atoms with Crippen LogP contribution in [0, 0.1) is 13.8 Å². The van der Waals surface area contributed by atoms with E-state index >= 15 is 0 Å². The Labute approximate surface area is 160 Å². The molecule has 0 aliphatic carbocycles. The molecule has 0 aliphatic rings. The van der Waals surface area contributed by atoms with Crippen molar-refractivity contribution in [3.63, 3.8) is 0 Å². The summed E-state index contributed by atoms with van der Waals surface area (Å²) >= 11 is 5.01. The third-order valence-corrected chi connectivity index (χ3v) is 4.63. The first-order chi connectivity index (χ1) is 12.4. The van der Waals surface area contributed by atoms with Gasteiger partial charge in [-0.3, -0.25) is 5.21 Å². The number of hydroxylamine groups is 1. The molecule has 2 rings (SSSR count). The van der Waals surface area contributed by atoms with Gasteiger partial charge in [-0.05, 0) is 67.4 Å². The Bertz CT molecular complexity index is 792. The molecule has 2 aromatic carbocycles. The zero-order valence-electron chi connectivity index (χ0n) is 15.8. The Kier molecular flexibility index (Phi) is 6.83. The molecule has 140 valence electrons. The van der Waals surface area contributed by atoms with E-state index in [0.717, 1.165) is 22.8 Å². The summed E-state index contributed by atoms with van der Waals surface area (Å²) in [5.41, 5.74) is 4.69. The van der Waals surface area contributed by atoms with Crippen LogP contribution in [0.25, 0.3) is 0 Å². The van der Waals surface area contributed by atoms with Gasteiger partial charge >= 0.3 is 0 Å². The van der Waals surface area contributed by atoms with E-state index < -0.39 is 0 Å². The molecule has 0 aromatic heterocycles. The minimum atomic E-state index is -0.0566. The number of hydrogen-bond acceptors (Lipinski definition) is 5. The van der Waals surface area contributed by atoms with E-state index in [-0.39, 0.29) is 11.8 Å². The van der Waals surface area contributed by atoms with Crippen molar-refractivity contribution in [2.24, 2.45) is 0 Å². The van der Waals surface area contributed by atoms with E-state index in [4.69, 9.17) is 26.4 Å². The first-order valence-corrected chi connectivity index (χ1v) is 8.79. The van der Waals surface area contributed by atoms with Crippen molar-refractivity contribution in [2.75, 3.05) is 19.3 Å². The number of benzene rings is 2. The molecule has 0 saturated heterocycles. The minimum absolute atomic E-state index is 0.0566. The number of thiocarbonyl (C=S) groups is 1. The van der Waals surface area contributed by atoms with Crippen LogP contribution in [0.5, 0.6) is 11.5 Å². The standard InChI is InChI=1S/C20H25NO4S/c1-6-15-10-14(3)19(11-13(15)2)25-12-16-17(21(22)20(26)24-5)8-7-9-18(16)23-4/h7-11,22H,6,12H2,1-5H3. The molecule has 0 spiro atoms. The van der Waals surface area contributed by atoms with Gasteiger partial charge in [0.1, 0.15) is 18.1 Å². The Morgan fingerprint density at radius 1 is 1.12 bits per heavy atom. The van der Waals surface area contributed by atoms with E-state index in [1.165, 1.54) is 18.2 Å². The monoisotopic (exact) mass is 375 g/mol. The lowest BCUT2D eigenvalue weighted by Crippen LogP contribution is -2.27. The number of methoxy groups -OCH3 is 2. The summed E-state index contributed by atoms with van der Waals surface area (Å²) in [5, 5.41) is 11.1. The quantitative estimate of drug-likeness (QED) is 0.589. The number of rotatable bonds is 6. The zero-order chi connectivity index (χ0) is 19.3. The fraction of sp³-hybridized carbons (Fsp3) is 0.350. The predicted octanol–water partition coefficient (Wildman–Crippen LogP) is 4.58. The molecule has 5 nitrogen and oxygen atoms in total. The smallest absolute Gasteiger partial charge is 0.288 e. The fourth-order valence-corrected chi connectivity index (χ4v) is 2.91. The Morgan fingerprint density at radius 3 is 2.46 bits per heavy atom. The second-order valence-corrected chi connectivity index (χ2v) is 6.28. The largest absolute Gasteiger partial charge is 0.496 e. The van der Waals surface area contributed by atoms with Crippen LogP contribution >= 0.6 is 12.2 Å². The van der Waals surface area contributed by atoms with Gasteiger partial charge in [-0.1, -0.05) is 19.1 Å².